The average molecular weight is 497 g/mol. The van der Waals surface area contributed by atoms with Crippen molar-refractivity contribution in [3.05, 3.63) is 59.4 Å². The van der Waals surface area contributed by atoms with Gasteiger partial charge in [0.2, 0.25) is 11.3 Å². The molecule has 1 aliphatic rings. The van der Waals surface area contributed by atoms with Crippen molar-refractivity contribution in [1.29, 1.82) is 0 Å². The van der Waals surface area contributed by atoms with Crippen LogP contribution in [0.2, 0.25) is 0 Å². The number of aliphatic imine (C=N–C) groups is 2. The summed E-state index contributed by atoms with van der Waals surface area (Å²) in [5.74, 6) is -1.85. The minimum atomic E-state index is -4.87. The molecule has 0 aromatic heterocycles. The summed E-state index contributed by atoms with van der Waals surface area (Å²) in [6.07, 6.45) is -8.40. The van der Waals surface area contributed by atoms with Gasteiger partial charge in [0.05, 0.1) is 17.5 Å². The van der Waals surface area contributed by atoms with Crippen LogP contribution in [0.15, 0.2) is 57.6 Å². The van der Waals surface area contributed by atoms with E-state index in [9.17, 15) is 30.7 Å². The Morgan fingerprint density at radius 2 is 1.76 bits per heavy atom. The summed E-state index contributed by atoms with van der Waals surface area (Å²) in [7, 11) is 0. The summed E-state index contributed by atoms with van der Waals surface area (Å²) in [5, 5.41) is 4.72. The lowest BCUT2D eigenvalue weighted by Gasteiger charge is -2.25. The van der Waals surface area contributed by atoms with Gasteiger partial charge in [-0.25, -0.2) is 19.8 Å². The van der Waals surface area contributed by atoms with Crippen molar-refractivity contribution in [3.8, 4) is 5.75 Å². The highest BCUT2D eigenvalue weighted by Crippen LogP contribution is 2.33. The first-order valence-corrected chi connectivity index (χ1v) is 9.13. The molecule has 15 heteroatoms. The summed E-state index contributed by atoms with van der Waals surface area (Å²) >= 11 is 5.99. The number of guanidine groups is 1. The van der Waals surface area contributed by atoms with E-state index in [1.807, 2.05) is 0 Å². The third kappa shape index (κ3) is 6.97. The zero-order chi connectivity index (χ0) is 24.2. The largest absolute Gasteiger partial charge is 0.573 e. The lowest BCUT2D eigenvalue weighted by molar-refractivity contribution is -0.274. The maximum absolute atomic E-state index is 13.4. The zero-order valence-corrected chi connectivity index (χ0v) is 16.8. The molecule has 1 aliphatic heterocycles. The molecule has 7 nitrogen and oxygen atoms in total. The van der Waals surface area contributed by atoms with Gasteiger partial charge in [0.15, 0.2) is 0 Å². The number of hydrogen-bond acceptors (Lipinski definition) is 7. The van der Waals surface area contributed by atoms with E-state index in [0.29, 0.717) is 17.7 Å². The van der Waals surface area contributed by atoms with E-state index in [-0.39, 0.29) is 23.6 Å². The van der Waals surface area contributed by atoms with Crippen LogP contribution >= 0.6 is 11.6 Å². The number of nitrogens with zero attached hydrogens (tertiary/aromatic N) is 4. The van der Waals surface area contributed by atoms with E-state index in [1.54, 1.807) is 0 Å². The molecule has 0 radical (unpaired) electrons. The highest BCUT2D eigenvalue weighted by molar-refractivity contribution is 6.65. The van der Waals surface area contributed by atoms with Crippen LogP contribution in [-0.4, -0.2) is 35.5 Å². The number of amidine groups is 1. The molecule has 33 heavy (non-hydrogen) atoms. The third-order valence-electron chi connectivity index (χ3n) is 3.81. The molecule has 0 saturated carbocycles. The standard InChI is InChI=1S/C18H12ClF7N6O/c19-15-29-16(30-28-8-10-1-4-12(5-2-10)33-18(24,25)26)27-9-32(15)31-11-3-6-14(20)13(7-11)17(21,22)23/h1-8,31H,9H2,(H,27,30). The Balaban J connectivity index is 1.57. The van der Waals surface area contributed by atoms with Crippen molar-refractivity contribution < 1.29 is 35.5 Å². The molecule has 0 amide bonds. The van der Waals surface area contributed by atoms with E-state index >= 15 is 0 Å². The first kappa shape index (κ1) is 24.1. The van der Waals surface area contributed by atoms with Gasteiger partial charge in [-0.15, -0.1) is 13.2 Å². The zero-order valence-electron chi connectivity index (χ0n) is 16.0. The molecular formula is C18H12ClF7N6O. The first-order valence-electron chi connectivity index (χ1n) is 8.75. The second-order valence-corrected chi connectivity index (χ2v) is 6.56. The molecule has 1 heterocycles. The molecule has 2 aromatic carbocycles. The quantitative estimate of drug-likeness (QED) is 0.267. The Bertz CT molecular complexity index is 1080. The fourth-order valence-electron chi connectivity index (χ4n) is 2.41. The predicted molar refractivity (Wildman–Crippen MR) is 106 cm³/mol. The van der Waals surface area contributed by atoms with Crippen LogP contribution in [0.4, 0.5) is 36.4 Å². The second-order valence-electron chi connectivity index (χ2n) is 6.22. The van der Waals surface area contributed by atoms with Gasteiger partial charge in [-0.2, -0.15) is 23.3 Å². The van der Waals surface area contributed by atoms with Crippen LogP contribution in [0.1, 0.15) is 11.1 Å². The average Bonchev–Trinajstić information content (AvgIpc) is 2.70. The van der Waals surface area contributed by atoms with Gasteiger partial charge in [0.25, 0.3) is 0 Å². The van der Waals surface area contributed by atoms with Gasteiger partial charge < -0.3 is 4.74 Å². The predicted octanol–water partition coefficient (Wildman–Crippen LogP) is 4.92. The third-order valence-corrected chi connectivity index (χ3v) is 4.10. The van der Waals surface area contributed by atoms with E-state index in [2.05, 4.69) is 30.7 Å². The van der Waals surface area contributed by atoms with Crippen LogP contribution in [0.5, 0.6) is 5.75 Å². The topological polar surface area (TPSA) is 73.6 Å². The fraction of sp³-hybridized carbons (Fsp3) is 0.167. The van der Waals surface area contributed by atoms with E-state index in [1.165, 1.54) is 18.3 Å². The molecule has 0 fully saturated rings. The van der Waals surface area contributed by atoms with Crippen molar-refractivity contribution in [2.75, 3.05) is 12.1 Å². The Morgan fingerprint density at radius 3 is 2.36 bits per heavy atom. The van der Waals surface area contributed by atoms with Crippen LogP contribution < -0.4 is 15.6 Å². The summed E-state index contributed by atoms with van der Waals surface area (Å²) in [4.78, 5) is 7.84. The summed E-state index contributed by atoms with van der Waals surface area (Å²) in [6, 6.07) is 7.18. The van der Waals surface area contributed by atoms with Crippen molar-refractivity contribution >= 4 is 34.8 Å². The second kappa shape index (κ2) is 9.52. The summed E-state index contributed by atoms with van der Waals surface area (Å²) < 4.78 is 92.1. The van der Waals surface area contributed by atoms with Crippen molar-refractivity contribution in [2.24, 2.45) is 15.1 Å². The van der Waals surface area contributed by atoms with E-state index in [0.717, 1.165) is 23.2 Å². The van der Waals surface area contributed by atoms with Crippen LogP contribution in [0, 0.1) is 5.82 Å². The van der Waals surface area contributed by atoms with Gasteiger partial charge >= 0.3 is 12.5 Å². The van der Waals surface area contributed by atoms with Gasteiger partial charge in [0.1, 0.15) is 18.2 Å². The Labute approximate surface area is 186 Å². The fourth-order valence-corrected chi connectivity index (χ4v) is 2.58. The number of ether oxygens (including phenoxy) is 1. The lowest BCUT2D eigenvalue weighted by atomic mass is 10.2. The van der Waals surface area contributed by atoms with E-state index < -0.39 is 29.7 Å². The molecule has 2 N–H and O–H groups in total. The number of halogens is 8. The molecule has 0 unspecified atom stereocenters. The Kier molecular flexibility index (Phi) is 6.95. The number of nitrogens with one attached hydrogen (secondary N) is 2. The number of benzene rings is 2. The van der Waals surface area contributed by atoms with E-state index in [4.69, 9.17) is 11.6 Å². The van der Waals surface area contributed by atoms with Crippen LogP contribution in [-0.2, 0) is 6.18 Å². The monoisotopic (exact) mass is 496 g/mol. The van der Waals surface area contributed by atoms with Crippen molar-refractivity contribution in [2.45, 2.75) is 12.5 Å². The maximum atomic E-state index is 13.4. The molecule has 0 spiro atoms. The Hall–Kier alpha value is -3.55. The molecule has 0 aliphatic carbocycles. The van der Waals surface area contributed by atoms with Gasteiger partial charge in [-0.05, 0) is 59.6 Å². The highest BCUT2D eigenvalue weighted by atomic mass is 35.5. The van der Waals surface area contributed by atoms with Gasteiger partial charge in [-0.1, -0.05) is 0 Å². The molecule has 3 rings (SSSR count). The minimum Gasteiger partial charge on any atom is -0.406 e. The lowest BCUT2D eigenvalue weighted by Crippen LogP contribution is -2.38. The van der Waals surface area contributed by atoms with Gasteiger partial charge in [0, 0.05) is 0 Å². The molecular weight excluding hydrogens is 485 g/mol. The smallest absolute Gasteiger partial charge is 0.406 e. The van der Waals surface area contributed by atoms with Crippen molar-refractivity contribution in [1.82, 2.24) is 10.4 Å². The Morgan fingerprint density at radius 1 is 1.06 bits per heavy atom. The highest BCUT2D eigenvalue weighted by Gasteiger charge is 2.34. The van der Waals surface area contributed by atoms with Crippen molar-refractivity contribution in [3.63, 3.8) is 0 Å². The normalized spacial score (nSPS) is 14.7. The number of anilines is 1. The van der Waals surface area contributed by atoms with Gasteiger partial charge in [-0.3, -0.25) is 5.43 Å². The molecule has 2 aromatic rings. The van der Waals surface area contributed by atoms with Crippen LogP contribution in [0.3, 0.4) is 0 Å². The maximum Gasteiger partial charge on any atom is 0.573 e. The number of rotatable bonds is 5. The number of alkyl halides is 6. The number of hydrazine groups is 1. The first-order chi connectivity index (χ1) is 15.4. The summed E-state index contributed by atoms with van der Waals surface area (Å²) in [6.45, 7) is -0.178. The molecule has 176 valence electrons. The summed E-state index contributed by atoms with van der Waals surface area (Å²) in [5.41, 5.74) is 3.88. The molecule has 0 atom stereocenters. The number of hydrogen-bond donors (Lipinski definition) is 2. The van der Waals surface area contributed by atoms with Crippen LogP contribution in [0.25, 0.3) is 0 Å². The molecule has 0 bridgehead atoms. The minimum absolute atomic E-state index is 0.0404. The SMILES string of the molecule is Fc1ccc(NN2CN=C(NN=Cc3ccc(OC(F)(F)F)cc3)N=C2Cl)cc1C(F)(F)F. The number of hydrazone groups is 1. The molecule has 0 saturated heterocycles.